The first-order chi connectivity index (χ1) is 6.27. The molecule has 0 amide bonds. The highest BCUT2D eigenvalue weighted by molar-refractivity contribution is 9.11. The van der Waals surface area contributed by atoms with E-state index in [9.17, 15) is 0 Å². The van der Waals surface area contributed by atoms with Gasteiger partial charge < -0.3 is 4.84 Å². The number of hydrogen-bond donors (Lipinski definition) is 1. The summed E-state index contributed by atoms with van der Waals surface area (Å²) in [6.07, 6.45) is 3.70. The van der Waals surface area contributed by atoms with Crippen molar-refractivity contribution in [1.82, 2.24) is 0 Å². The Morgan fingerprint density at radius 1 is 1.54 bits per heavy atom. The molecule has 0 radical (unpaired) electrons. The minimum absolute atomic E-state index is 0.228. The van der Waals surface area contributed by atoms with Crippen LogP contribution in [0, 0.1) is 0 Å². The lowest BCUT2D eigenvalue weighted by molar-refractivity contribution is 0.0470. The zero-order valence-electron chi connectivity index (χ0n) is 7.25. The van der Waals surface area contributed by atoms with Crippen LogP contribution in [0.2, 0.25) is 0 Å². The highest BCUT2D eigenvalue weighted by Crippen LogP contribution is 2.46. The summed E-state index contributed by atoms with van der Waals surface area (Å²) in [7, 11) is 0. The van der Waals surface area contributed by atoms with E-state index in [-0.39, 0.29) is 5.41 Å². The zero-order valence-corrected chi connectivity index (χ0v) is 9.66. The molecule has 0 aliphatic heterocycles. The van der Waals surface area contributed by atoms with Crippen LogP contribution in [0.3, 0.4) is 0 Å². The fraction of sp³-hybridized carbons (Fsp3) is 0.556. The second-order valence-electron chi connectivity index (χ2n) is 3.55. The Balaban J connectivity index is 2.21. The number of rotatable bonds is 3. The van der Waals surface area contributed by atoms with E-state index in [1.54, 1.807) is 11.3 Å². The molecule has 0 atom stereocenters. The van der Waals surface area contributed by atoms with E-state index >= 15 is 0 Å². The first kappa shape index (κ1) is 9.65. The topological polar surface area (TPSA) is 35.2 Å². The van der Waals surface area contributed by atoms with Gasteiger partial charge in [-0.1, -0.05) is 6.42 Å². The summed E-state index contributed by atoms with van der Waals surface area (Å²) in [4.78, 5) is 6.20. The van der Waals surface area contributed by atoms with Crippen molar-refractivity contribution in [2.45, 2.75) is 24.7 Å². The molecule has 4 heteroatoms. The molecule has 0 saturated heterocycles. The Bertz CT molecular complexity index is 296. The Hall–Kier alpha value is 0.1000. The predicted octanol–water partition coefficient (Wildman–Crippen LogP) is 2.82. The minimum atomic E-state index is 0.228. The molecule has 0 aromatic carbocycles. The van der Waals surface area contributed by atoms with Gasteiger partial charge in [0.15, 0.2) is 0 Å². The molecule has 1 aliphatic rings. The summed E-state index contributed by atoms with van der Waals surface area (Å²) in [6.45, 7) is 0.653. The van der Waals surface area contributed by atoms with Gasteiger partial charge in [0, 0.05) is 10.3 Å². The molecular formula is C9H12BrNOS. The minimum Gasteiger partial charge on any atom is -0.304 e. The van der Waals surface area contributed by atoms with Gasteiger partial charge in [-0.2, -0.15) is 0 Å². The molecule has 2 rings (SSSR count). The molecular weight excluding hydrogens is 250 g/mol. The lowest BCUT2D eigenvalue weighted by atomic mass is 9.68. The third-order valence-electron chi connectivity index (χ3n) is 2.77. The van der Waals surface area contributed by atoms with Crippen LogP contribution in [-0.2, 0) is 10.3 Å². The van der Waals surface area contributed by atoms with Crippen LogP contribution in [0.4, 0.5) is 0 Å². The second-order valence-corrected chi connectivity index (χ2v) is 6.01. The van der Waals surface area contributed by atoms with Crippen molar-refractivity contribution in [2.24, 2.45) is 5.90 Å². The average molecular weight is 262 g/mol. The van der Waals surface area contributed by atoms with E-state index in [1.165, 1.54) is 27.9 Å². The van der Waals surface area contributed by atoms with Crippen LogP contribution in [-0.4, -0.2) is 6.61 Å². The van der Waals surface area contributed by atoms with Crippen molar-refractivity contribution in [1.29, 1.82) is 0 Å². The van der Waals surface area contributed by atoms with Crippen molar-refractivity contribution in [3.05, 3.63) is 20.8 Å². The van der Waals surface area contributed by atoms with Gasteiger partial charge in [0.2, 0.25) is 0 Å². The van der Waals surface area contributed by atoms with E-state index in [0.29, 0.717) is 6.61 Å². The molecule has 72 valence electrons. The Kier molecular flexibility index (Phi) is 2.74. The Morgan fingerprint density at radius 3 is 2.69 bits per heavy atom. The zero-order chi connectivity index (χ0) is 9.31. The van der Waals surface area contributed by atoms with Crippen LogP contribution < -0.4 is 5.90 Å². The lowest BCUT2D eigenvalue weighted by Gasteiger charge is -2.40. The maximum atomic E-state index is 5.16. The summed E-state index contributed by atoms with van der Waals surface area (Å²) in [5, 5.41) is 0. The highest BCUT2D eigenvalue weighted by Gasteiger charge is 2.40. The molecule has 1 fully saturated rings. The summed E-state index contributed by atoms with van der Waals surface area (Å²) in [5.41, 5.74) is 0.228. The molecule has 13 heavy (non-hydrogen) atoms. The second kappa shape index (κ2) is 3.69. The molecule has 1 aliphatic carbocycles. The van der Waals surface area contributed by atoms with Crippen LogP contribution in [0.1, 0.15) is 24.1 Å². The molecule has 1 aromatic rings. The molecule has 2 nitrogen and oxygen atoms in total. The smallest absolute Gasteiger partial charge is 0.0783 e. The molecule has 1 heterocycles. The SMILES string of the molecule is NOCC1(c2ccc(Br)s2)CCC1. The molecule has 1 aromatic heterocycles. The van der Waals surface area contributed by atoms with E-state index in [0.717, 1.165) is 0 Å². The molecule has 2 N–H and O–H groups in total. The van der Waals surface area contributed by atoms with Crippen LogP contribution >= 0.6 is 27.3 Å². The average Bonchev–Trinajstić information content (AvgIpc) is 2.44. The van der Waals surface area contributed by atoms with Crippen molar-refractivity contribution >= 4 is 27.3 Å². The maximum absolute atomic E-state index is 5.16. The fourth-order valence-electron chi connectivity index (χ4n) is 1.82. The Morgan fingerprint density at radius 2 is 2.31 bits per heavy atom. The van der Waals surface area contributed by atoms with Crippen molar-refractivity contribution in [3.8, 4) is 0 Å². The quantitative estimate of drug-likeness (QED) is 0.850. The van der Waals surface area contributed by atoms with Gasteiger partial charge in [-0.15, -0.1) is 11.3 Å². The van der Waals surface area contributed by atoms with E-state index < -0.39 is 0 Å². The molecule has 1 saturated carbocycles. The Labute approximate surface area is 90.2 Å². The normalized spacial score (nSPS) is 19.8. The number of halogens is 1. The summed E-state index contributed by atoms with van der Waals surface area (Å²) < 4.78 is 1.19. The van der Waals surface area contributed by atoms with Gasteiger partial charge in [0.05, 0.1) is 10.4 Å². The van der Waals surface area contributed by atoms with Crippen molar-refractivity contribution < 1.29 is 4.84 Å². The fourth-order valence-corrected chi connectivity index (χ4v) is 3.44. The van der Waals surface area contributed by atoms with Gasteiger partial charge in [0.1, 0.15) is 0 Å². The summed E-state index contributed by atoms with van der Waals surface area (Å²) in [6, 6.07) is 4.27. The van der Waals surface area contributed by atoms with Gasteiger partial charge >= 0.3 is 0 Å². The standard InChI is InChI=1S/C9H12BrNOS/c10-8-3-2-7(13-8)9(6-12-11)4-1-5-9/h2-3H,1,4-6,11H2. The lowest BCUT2D eigenvalue weighted by Crippen LogP contribution is -2.39. The van der Waals surface area contributed by atoms with Crippen LogP contribution in [0.25, 0.3) is 0 Å². The van der Waals surface area contributed by atoms with Gasteiger partial charge in [-0.3, -0.25) is 0 Å². The third-order valence-corrected chi connectivity index (χ3v) is 4.64. The predicted molar refractivity (Wildman–Crippen MR) is 57.7 cm³/mol. The summed E-state index contributed by atoms with van der Waals surface area (Å²) >= 11 is 5.27. The van der Waals surface area contributed by atoms with Crippen molar-refractivity contribution in [2.75, 3.05) is 6.61 Å². The first-order valence-electron chi connectivity index (χ1n) is 4.34. The molecule has 0 bridgehead atoms. The van der Waals surface area contributed by atoms with Gasteiger partial charge in [-0.25, -0.2) is 5.90 Å². The summed E-state index contributed by atoms with van der Waals surface area (Å²) in [5.74, 6) is 5.16. The van der Waals surface area contributed by atoms with Crippen LogP contribution in [0.15, 0.2) is 15.9 Å². The first-order valence-corrected chi connectivity index (χ1v) is 5.95. The molecule has 0 spiro atoms. The van der Waals surface area contributed by atoms with E-state index in [1.807, 2.05) is 0 Å². The van der Waals surface area contributed by atoms with E-state index in [2.05, 4.69) is 28.1 Å². The van der Waals surface area contributed by atoms with Gasteiger partial charge in [0.25, 0.3) is 0 Å². The molecule has 0 unspecified atom stereocenters. The number of nitrogens with two attached hydrogens (primary N) is 1. The third kappa shape index (κ3) is 1.68. The highest BCUT2D eigenvalue weighted by atomic mass is 79.9. The van der Waals surface area contributed by atoms with Crippen LogP contribution in [0.5, 0.6) is 0 Å². The van der Waals surface area contributed by atoms with Crippen molar-refractivity contribution in [3.63, 3.8) is 0 Å². The monoisotopic (exact) mass is 261 g/mol. The maximum Gasteiger partial charge on any atom is 0.0783 e. The number of hydrogen-bond acceptors (Lipinski definition) is 3. The number of thiophene rings is 1. The largest absolute Gasteiger partial charge is 0.304 e. The van der Waals surface area contributed by atoms with Gasteiger partial charge in [-0.05, 0) is 40.9 Å². The van der Waals surface area contributed by atoms with E-state index in [4.69, 9.17) is 10.7 Å².